The van der Waals surface area contributed by atoms with Gasteiger partial charge in [-0.1, -0.05) is 30.3 Å². The van der Waals surface area contributed by atoms with E-state index in [4.69, 9.17) is 4.74 Å². The summed E-state index contributed by atoms with van der Waals surface area (Å²) < 4.78 is 5.04. The first-order valence-corrected chi connectivity index (χ1v) is 6.66. The van der Waals surface area contributed by atoms with Gasteiger partial charge in [-0.15, -0.1) is 0 Å². The fraction of sp³-hybridized carbons (Fsp3) is 0.118. The molecule has 0 saturated carbocycles. The highest BCUT2D eigenvalue weighted by Gasteiger charge is 2.17. The number of hydrogen-bond acceptors (Lipinski definition) is 4. The summed E-state index contributed by atoms with van der Waals surface area (Å²) in [5, 5.41) is 10.8. The quantitative estimate of drug-likeness (QED) is 0.355. The normalized spacial score (nSPS) is 11.0. The van der Waals surface area contributed by atoms with Crippen LogP contribution in [0.1, 0.15) is 15.9 Å². The monoisotopic (exact) mass is 297 g/mol. The first kappa shape index (κ1) is 15.4. The smallest absolute Gasteiger partial charge is 0.232 e. The van der Waals surface area contributed by atoms with Crippen LogP contribution in [0.2, 0.25) is 0 Å². The van der Waals surface area contributed by atoms with E-state index in [-0.39, 0.29) is 11.4 Å². The number of Topliss-reactive ketones (excluding diaryl/α,β-unsaturated/α-hetero) is 1. The number of carbonyl (C=O) groups excluding carboxylic acids is 1. The summed E-state index contributed by atoms with van der Waals surface area (Å²) in [6.07, 6.45) is 1.55. The van der Waals surface area contributed by atoms with E-state index < -0.39 is 11.5 Å². The highest BCUT2D eigenvalue weighted by Crippen LogP contribution is 2.17. The Morgan fingerprint density at radius 3 is 2.32 bits per heavy atom. The van der Waals surface area contributed by atoms with E-state index in [0.717, 1.165) is 5.56 Å². The topological polar surface area (TPSA) is 69.4 Å². The second-order valence-corrected chi connectivity index (χ2v) is 4.63. The lowest BCUT2D eigenvalue weighted by molar-refractivity contribution is -0.469. The number of nitrogens with zero attached hydrogens (tertiary/aromatic N) is 1. The zero-order chi connectivity index (χ0) is 15.9. The summed E-state index contributed by atoms with van der Waals surface area (Å²) in [6.45, 7) is -0.514. The third-order valence-electron chi connectivity index (χ3n) is 3.08. The van der Waals surface area contributed by atoms with Gasteiger partial charge < -0.3 is 4.74 Å². The predicted molar refractivity (Wildman–Crippen MR) is 83.6 cm³/mol. The van der Waals surface area contributed by atoms with Gasteiger partial charge in [0.2, 0.25) is 6.54 Å². The van der Waals surface area contributed by atoms with Crippen molar-refractivity contribution in [3.8, 4) is 5.75 Å². The van der Waals surface area contributed by atoms with E-state index in [9.17, 15) is 14.9 Å². The number of ether oxygens (including phenoxy) is 1. The molecule has 0 saturated heterocycles. The van der Waals surface area contributed by atoms with Crippen LogP contribution < -0.4 is 4.74 Å². The number of hydrogen-bond donors (Lipinski definition) is 0. The molecule has 5 nitrogen and oxygen atoms in total. The molecule has 2 rings (SSSR count). The van der Waals surface area contributed by atoms with Crippen LogP contribution in [0.5, 0.6) is 5.75 Å². The average Bonchev–Trinajstić information content (AvgIpc) is 2.54. The van der Waals surface area contributed by atoms with E-state index in [1.165, 1.54) is 7.11 Å². The molecule has 0 aliphatic heterocycles. The molecule has 0 N–H and O–H groups in total. The minimum Gasteiger partial charge on any atom is -0.497 e. The lowest BCUT2D eigenvalue weighted by Crippen LogP contribution is -2.13. The Morgan fingerprint density at radius 1 is 1.14 bits per heavy atom. The van der Waals surface area contributed by atoms with Gasteiger partial charge >= 0.3 is 0 Å². The van der Waals surface area contributed by atoms with E-state index >= 15 is 0 Å². The highest BCUT2D eigenvalue weighted by molar-refractivity contribution is 6.11. The first-order chi connectivity index (χ1) is 10.6. The Morgan fingerprint density at radius 2 is 1.77 bits per heavy atom. The molecule has 2 aromatic rings. The number of methoxy groups -OCH3 is 1. The van der Waals surface area contributed by atoms with Gasteiger partial charge in [0.15, 0.2) is 5.78 Å². The molecule has 0 amide bonds. The molecule has 112 valence electrons. The standard InChI is InChI=1S/C17H15NO4/c1-22-16-9-7-14(8-10-16)17(19)15(12-18(20)21)11-13-5-3-2-4-6-13/h2-11H,12H2,1H3/b15-11+. The molecule has 22 heavy (non-hydrogen) atoms. The number of nitro groups is 1. The van der Waals surface area contributed by atoms with Crippen molar-refractivity contribution in [1.82, 2.24) is 0 Å². The molecule has 0 heterocycles. The Hall–Kier alpha value is -2.95. The van der Waals surface area contributed by atoms with Gasteiger partial charge in [-0.3, -0.25) is 14.9 Å². The second kappa shape index (κ2) is 7.17. The van der Waals surface area contributed by atoms with Crippen molar-refractivity contribution in [2.24, 2.45) is 0 Å². The van der Waals surface area contributed by atoms with Gasteiger partial charge in [0.05, 0.1) is 12.7 Å². The molecular formula is C17H15NO4. The largest absolute Gasteiger partial charge is 0.497 e. The predicted octanol–water partition coefficient (Wildman–Crippen LogP) is 3.24. The number of rotatable bonds is 6. The molecule has 0 radical (unpaired) electrons. The van der Waals surface area contributed by atoms with Gasteiger partial charge in [-0.25, -0.2) is 0 Å². The molecule has 2 aromatic carbocycles. The molecule has 0 aliphatic rings. The molecule has 0 aliphatic carbocycles. The van der Waals surface area contributed by atoms with Crippen molar-refractivity contribution < 1.29 is 14.5 Å². The molecule has 0 aromatic heterocycles. The molecule has 0 atom stereocenters. The maximum absolute atomic E-state index is 12.5. The molecule has 0 unspecified atom stereocenters. The highest BCUT2D eigenvalue weighted by atomic mass is 16.6. The summed E-state index contributed by atoms with van der Waals surface area (Å²) >= 11 is 0. The van der Waals surface area contributed by atoms with Crippen molar-refractivity contribution in [2.45, 2.75) is 0 Å². The SMILES string of the molecule is COc1ccc(C(=O)/C(=C/c2ccccc2)C[N+](=O)[O-])cc1. The molecular weight excluding hydrogens is 282 g/mol. The number of benzene rings is 2. The van der Waals surface area contributed by atoms with Crippen LogP contribution >= 0.6 is 0 Å². The van der Waals surface area contributed by atoms with Gasteiger partial charge in [0.1, 0.15) is 5.75 Å². The van der Waals surface area contributed by atoms with Gasteiger partial charge in [0, 0.05) is 10.5 Å². The molecule has 0 bridgehead atoms. The van der Waals surface area contributed by atoms with E-state index in [1.54, 1.807) is 42.5 Å². The van der Waals surface area contributed by atoms with Gasteiger partial charge in [0.25, 0.3) is 0 Å². The summed E-state index contributed by atoms with van der Waals surface area (Å²) in [7, 11) is 1.53. The van der Waals surface area contributed by atoms with Crippen LogP contribution in [-0.4, -0.2) is 24.4 Å². The first-order valence-electron chi connectivity index (χ1n) is 6.66. The van der Waals surface area contributed by atoms with Crippen LogP contribution in [-0.2, 0) is 0 Å². The third kappa shape index (κ3) is 4.02. The molecule has 0 spiro atoms. The summed E-state index contributed by atoms with van der Waals surface area (Å²) in [4.78, 5) is 22.8. The Kier molecular flexibility index (Phi) is 5.03. The van der Waals surface area contributed by atoms with Crippen LogP contribution in [0.3, 0.4) is 0 Å². The zero-order valence-electron chi connectivity index (χ0n) is 12.1. The fourth-order valence-corrected chi connectivity index (χ4v) is 2.00. The van der Waals surface area contributed by atoms with Crippen LogP contribution in [0.25, 0.3) is 6.08 Å². The minimum atomic E-state index is -0.514. The fourth-order valence-electron chi connectivity index (χ4n) is 2.00. The van der Waals surface area contributed by atoms with E-state index in [2.05, 4.69) is 0 Å². The zero-order valence-corrected chi connectivity index (χ0v) is 12.1. The van der Waals surface area contributed by atoms with Crippen molar-refractivity contribution in [2.75, 3.05) is 13.7 Å². The van der Waals surface area contributed by atoms with E-state index in [0.29, 0.717) is 11.3 Å². The minimum absolute atomic E-state index is 0.140. The van der Waals surface area contributed by atoms with Crippen LogP contribution in [0.15, 0.2) is 60.2 Å². The maximum atomic E-state index is 12.5. The number of carbonyl (C=O) groups is 1. The summed E-state index contributed by atoms with van der Waals surface area (Å²) in [5.41, 5.74) is 1.28. The average molecular weight is 297 g/mol. The summed E-state index contributed by atoms with van der Waals surface area (Å²) in [5.74, 6) is 0.266. The third-order valence-corrected chi connectivity index (χ3v) is 3.08. The number of ketones is 1. The van der Waals surface area contributed by atoms with Crippen molar-refractivity contribution in [3.63, 3.8) is 0 Å². The van der Waals surface area contributed by atoms with E-state index in [1.807, 2.05) is 18.2 Å². The van der Waals surface area contributed by atoms with Gasteiger partial charge in [-0.05, 0) is 35.9 Å². The summed E-state index contributed by atoms with van der Waals surface area (Å²) in [6, 6.07) is 15.6. The maximum Gasteiger partial charge on any atom is 0.232 e. The Balaban J connectivity index is 2.33. The Bertz CT molecular complexity index is 690. The van der Waals surface area contributed by atoms with Crippen molar-refractivity contribution >= 4 is 11.9 Å². The van der Waals surface area contributed by atoms with Crippen LogP contribution in [0.4, 0.5) is 0 Å². The Labute approximate surface area is 128 Å². The molecule has 0 fully saturated rings. The van der Waals surface area contributed by atoms with Gasteiger partial charge in [-0.2, -0.15) is 0 Å². The van der Waals surface area contributed by atoms with Crippen LogP contribution in [0, 0.1) is 10.1 Å². The molecule has 5 heteroatoms. The lowest BCUT2D eigenvalue weighted by atomic mass is 10.0. The second-order valence-electron chi connectivity index (χ2n) is 4.63. The van der Waals surface area contributed by atoms with Crippen molar-refractivity contribution in [3.05, 3.63) is 81.4 Å². The lowest BCUT2D eigenvalue weighted by Gasteiger charge is -2.05. The van der Waals surface area contributed by atoms with Crippen molar-refractivity contribution in [1.29, 1.82) is 0 Å².